The molecule has 6 nitrogen and oxygen atoms in total. The summed E-state index contributed by atoms with van der Waals surface area (Å²) in [5.41, 5.74) is 0.503. The first-order chi connectivity index (χ1) is 13.8. The zero-order valence-corrected chi connectivity index (χ0v) is 17.4. The van der Waals surface area contributed by atoms with Crippen LogP contribution in [0.1, 0.15) is 25.3 Å². The fraction of sp³-hybridized carbons (Fsp3) is 0.421. The number of aromatic nitrogens is 4. The number of nitrogens with one attached hydrogen (secondary N) is 1. The highest BCUT2D eigenvalue weighted by atomic mass is 79.9. The van der Waals surface area contributed by atoms with Crippen LogP contribution in [0.5, 0.6) is 5.88 Å². The van der Waals surface area contributed by atoms with E-state index in [9.17, 15) is 13.2 Å². The van der Waals surface area contributed by atoms with Crippen LogP contribution < -0.4 is 20.8 Å². The fourth-order valence-corrected chi connectivity index (χ4v) is 3.25. The molecule has 1 saturated carbocycles. The highest BCUT2D eigenvalue weighted by Gasteiger charge is 2.26. The van der Waals surface area contributed by atoms with Crippen LogP contribution in [-0.4, -0.2) is 32.7 Å². The SMILES string of the molecule is C=c1c(=C(Br)C(=CC)Oc2ncccc2CNCC(F)(F)F)nnn1CC1CC1. The third-order valence-corrected chi connectivity index (χ3v) is 5.12. The molecule has 0 unspecified atom stereocenters. The summed E-state index contributed by atoms with van der Waals surface area (Å²) >= 11 is 3.49. The Morgan fingerprint density at radius 3 is 2.86 bits per heavy atom. The van der Waals surface area contributed by atoms with Gasteiger partial charge in [0.05, 0.1) is 16.4 Å². The van der Waals surface area contributed by atoms with Crippen LogP contribution in [0.2, 0.25) is 0 Å². The number of rotatable bonds is 8. The van der Waals surface area contributed by atoms with Crippen molar-refractivity contribution < 1.29 is 17.9 Å². The van der Waals surface area contributed by atoms with Gasteiger partial charge in [0.25, 0.3) is 0 Å². The van der Waals surface area contributed by atoms with Crippen molar-refractivity contribution in [2.24, 2.45) is 5.92 Å². The van der Waals surface area contributed by atoms with Crippen molar-refractivity contribution in [2.75, 3.05) is 6.54 Å². The number of hydrogen-bond acceptors (Lipinski definition) is 5. The van der Waals surface area contributed by atoms with Crippen molar-refractivity contribution in [1.82, 2.24) is 25.3 Å². The fourth-order valence-electron chi connectivity index (χ4n) is 2.64. The van der Waals surface area contributed by atoms with Gasteiger partial charge in [-0.15, -0.1) is 5.10 Å². The molecule has 0 saturated heterocycles. The normalized spacial score (nSPS) is 16.1. The summed E-state index contributed by atoms with van der Waals surface area (Å²) in [6, 6.07) is 3.30. The van der Waals surface area contributed by atoms with Gasteiger partial charge in [0.1, 0.15) is 11.1 Å². The van der Waals surface area contributed by atoms with Crippen molar-refractivity contribution in [2.45, 2.75) is 39.0 Å². The van der Waals surface area contributed by atoms with E-state index in [1.165, 1.54) is 19.0 Å². The molecule has 2 heterocycles. The van der Waals surface area contributed by atoms with Gasteiger partial charge in [-0.1, -0.05) is 17.9 Å². The maximum absolute atomic E-state index is 12.4. The molecular formula is C19H21BrF3N5O. The van der Waals surface area contributed by atoms with Gasteiger partial charge in [0.15, 0.2) is 0 Å². The Bertz CT molecular complexity index is 998. The summed E-state index contributed by atoms with van der Waals surface area (Å²) in [5, 5.41) is 11.9. The monoisotopic (exact) mass is 471 g/mol. The molecule has 0 amide bonds. The van der Waals surface area contributed by atoms with Crippen molar-refractivity contribution in [3.05, 3.63) is 46.4 Å². The van der Waals surface area contributed by atoms with Gasteiger partial charge in [-0.3, -0.25) is 0 Å². The highest BCUT2D eigenvalue weighted by molar-refractivity contribution is 9.15. The molecule has 3 rings (SSSR count). The zero-order chi connectivity index (χ0) is 21.0. The van der Waals surface area contributed by atoms with Crippen molar-refractivity contribution in [1.29, 1.82) is 0 Å². The molecule has 156 valence electrons. The predicted octanol–water partition coefficient (Wildman–Crippen LogP) is 2.63. The van der Waals surface area contributed by atoms with E-state index in [0.29, 0.717) is 32.4 Å². The first-order valence-corrected chi connectivity index (χ1v) is 9.92. The summed E-state index contributed by atoms with van der Waals surface area (Å²) in [6.07, 6.45) is 1.32. The van der Waals surface area contributed by atoms with Crippen molar-refractivity contribution in [3.8, 4) is 5.88 Å². The summed E-state index contributed by atoms with van der Waals surface area (Å²) in [4.78, 5) is 4.16. The lowest BCUT2D eigenvalue weighted by Gasteiger charge is -2.13. The van der Waals surface area contributed by atoms with Crippen LogP contribution in [0, 0.1) is 5.92 Å². The number of allylic oxidation sites excluding steroid dienone is 2. The third-order valence-electron chi connectivity index (χ3n) is 4.35. The molecule has 0 radical (unpaired) electrons. The van der Waals surface area contributed by atoms with E-state index < -0.39 is 12.7 Å². The van der Waals surface area contributed by atoms with E-state index in [2.05, 4.69) is 43.1 Å². The molecule has 10 heteroatoms. The van der Waals surface area contributed by atoms with E-state index in [0.717, 1.165) is 6.54 Å². The first-order valence-electron chi connectivity index (χ1n) is 9.12. The summed E-state index contributed by atoms with van der Waals surface area (Å²) in [6.45, 7) is 5.49. The molecule has 0 bridgehead atoms. The zero-order valence-electron chi connectivity index (χ0n) is 15.8. The average Bonchev–Trinajstić information content (AvgIpc) is 3.42. The van der Waals surface area contributed by atoms with Crippen LogP contribution in [-0.2, 0) is 13.1 Å². The maximum atomic E-state index is 12.4. The molecule has 2 aromatic rings. The Morgan fingerprint density at radius 2 is 2.21 bits per heavy atom. The van der Waals surface area contributed by atoms with Crippen LogP contribution >= 0.6 is 15.9 Å². The number of alkyl halides is 3. The number of pyridine rings is 1. The molecule has 0 atom stereocenters. The lowest BCUT2D eigenvalue weighted by Crippen LogP contribution is -2.31. The van der Waals surface area contributed by atoms with E-state index in [1.807, 2.05) is 0 Å². The third kappa shape index (κ3) is 5.89. The van der Waals surface area contributed by atoms with Gasteiger partial charge in [-0.2, -0.15) is 13.2 Å². The second-order valence-corrected chi connectivity index (χ2v) is 7.56. The van der Waals surface area contributed by atoms with Crippen LogP contribution in [0.25, 0.3) is 11.1 Å². The maximum Gasteiger partial charge on any atom is 0.401 e. The molecule has 2 aromatic heterocycles. The molecule has 0 aliphatic heterocycles. The minimum atomic E-state index is -4.29. The quantitative estimate of drug-likeness (QED) is 0.599. The van der Waals surface area contributed by atoms with Gasteiger partial charge in [-0.25, -0.2) is 9.67 Å². The van der Waals surface area contributed by atoms with Crippen LogP contribution in [0.15, 0.2) is 30.2 Å². The second-order valence-electron chi connectivity index (χ2n) is 6.77. The van der Waals surface area contributed by atoms with Crippen LogP contribution in [0.4, 0.5) is 13.2 Å². The predicted molar refractivity (Wildman–Crippen MR) is 106 cm³/mol. The standard InChI is InChI=1S/C19H21BrF3N5O/c1-3-15(16(20)17-12(2)28(27-26-17)10-13-6-7-13)29-18-14(5-4-8-25-18)9-24-11-19(21,22)23/h3-5,8,13,24H,2,6-7,9-11H2,1H3. The summed E-state index contributed by atoms with van der Waals surface area (Å²) < 4.78 is 45.4. The molecule has 1 aliphatic carbocycles. The number of halogens is 4. The minimum absolute atomic E-state index is 0.0323. The minimum Gasteiger partial charge on any atom is -0.438 e. The Hall–Kier alpha value is -2.20. The molecule has 1 aliphatic rings. The first kappa shape index (κ1) is 21.5. The largest absolute Gasteiger partial charge is 0.438 e. The van der Waals surface area contributed by atoms with Gasteiger partial charge in [-0.05, 0) is 53.8 Å². The van der Waals surface area contributed by atoms with Crippen molar-refractivity contribution in [3.63, 3.8) is 0 Å². The van der Waals surface area contributed by atoms with E-state index in [-0.39, 0.29) is 12.4 Å². The lowest BCUT2D eigenvalue weighted by molar-refractivity contribution is -0.125. The molecule has 1 fully saturated rings. The molecule has 1 N–H and O–H groups in total. The summed E-state index contributed by atoms with van der Waals surface area (Å²) in [5.74, 6) is 1.26. The summed E-state index contributed by atoms with van der Waals surface area (Å²) in [7, 11) is 0. The number of ether oxygens (including phenoxy) is 1. The second kappa shape index (κ2) is 9.08. The average molecular weight is 472 g/mol. The van der Waals surface area contributed by atoms with Gasteiger partial charge in [0.2, 0.25) is 5.88 Å². The van der Waals surface area contributed by atoms with Gasteiger partial charge < -0.3 is 10.1 Å². The van der Waals surface area contributed by atoms with E-state index in [1.54, 1.807) is 29.8 Å². The van der Waals surface area contributed by atoms with Gasteiger partial charge in [0, 0.05) is 24.8 Å². The Balaban J connectivity index is 1.80. The Kier molecular flexibility index (Phi) is 6.74. The molecule has 29 heavy (non-hydrogen) atoms. The number of hydrogen-bond donors (Lipinski definition) is 1. The van der Waals surface area contributed by atoms with E-state index >= 15 is 0 Å². The van der Waals surface area contributed by atoms with Crippen LogP contribution in [0.3, 0.4) is 0 Å². The van der Waals surface area contributed by atoms with Crippen molar-refractivity contribution >= 4 is 27.0 Å². The lowest BCUT2D eigenvalue weighted by atomic mass is 10.2. The van der Waals surface area contributed by atoms with E-state index in [4.69, 9.17) is 4.74 Å². The van der Waals surface area contributed by atoms with Gasteiger partial charge >= 0.3 is 6.18 Å². The molecule has 0 spiro atoms. The Morgan fingerprint density at radius 1 is 1.45 bits per heavy atom. The molecule has 0 aromatic carbocycles. The topological polar surface area (TPSA) is 64.9 Å². The highest BCUT2D eigenvalue weighted by Crippen LogP contribution is 2.29. The smallest absolute Gasteiger partial charge is 0.401 e. The Labute approximate surface area is 174 Å². The number of nitrogens with zero attached hydrogens (tertiary/aromatic N) is 4. The molecular weight excluding hydrogens is 451 g/mol.